The highest BCUT2D eigenvalue weighted by Crippen LogP contribution is 2.31. The summed E-state index contributed by atoms with van der Waals surface area (Å²) < 4.78 is 20.3. The molecule has 106 valence electrons. The smallest absolute Gasteiger partial charge is 0.129 e. The van der Waals surface area contributed by atoms with Crippen LogP contribution in [0.4, 0.5) is 4.39 Å². The van der Waals surface area contributed by atoms with Crippen LogP contribution in [0.25, 0.3) is 0 Å². The predicted molar refractivity (Wildman–Crippen MR) is 82.6 cm³/mol. The van der Waals surface area contributed by atoms with E-state index < -0.39 is 0 Å². The van der Waals surface area contributed by atoms with Gasteiger partial charge in [-0.05, 0) is 43.8 Å². The van der Waals surface area contributed by atoms with Crippen molar-refractivity contribution in [2.45, 2.75) is 13.0 Å². The Bertz CT molecular complexity index is 551. The molecule has 1 N–H and O–H groups in total. The number of ether oxygens (including phenoxy) is 1. The third kappa shape index (κ3) is 3.19. The zero-order valence-electron chi connectivity index (χ0n) is 11.5. The molecule has 0 saturated carbocycles. The van der Waals surface area contributed by atoms with E-state index in [4.69, 9.17) is 4.74 Å². The van der Waals surface area contributed by atoms with Crippen LogP contribution in [-0.4, -0.2) is 13.7 Å². The molecule has 2 aromatic rings. The van der Waals surface area contributed by atoms with Gasteiger partial charge < -0.3 is 10.1 Å². The normalized spacial score (nSPS) is 12.2. The quantitative estimate of drug-likeness (QED) is 0.878. The topological polar surface area (TPSA) is 21.3 Å². The van der Waals surface area contributed by atoms with Gasteiger partial charge in [-0.3, -0.25) is 0 Å². The maximum absolute atomic E-state index is 14.1. The van der Waals surface area contributed by atoms with Gasteiger partial charge in [0.1, 0.15) is 11.6 Å². The van der Waals surface area contributed by atoms with E-state index in [9.17, 15) is 4.39 Å². The summed E-state index contributed by atoms with van der Waals surface area (Å²) in [6.45, 7) is 2.58. The second-order valence-electron chi connectivity index (χ2n) is 4.36. The van der Waals surface area contributed by atoms with E-state index in [1.807, 2.05) is 44.3 Å². The molecule has 0 spiro atoms. The fourth-order valence-electron chi connectivity index (χ4n) is 2.19. The van der Waals surface area contributed by atoms with Crippen molar-refractivity contribution in [3.63, 3.8) is 0 Å². The largest absolute Gasteiger partial charge is 0.494 e. The van der Waals surface area contributed by atoms with Gasteiger partial charge in [-0.2, -0.15) is 0 Å². The van der Waals surface area contributed by atoms with Gasteiger partial charge in [-0.25, -0.2) is 4.39 Å². The summed E-state index contributed by atoms with van der Waals surface area (Å²) in [6, 6.07) is 12.5. The molecule has 0 aliphatic heterocycles. The number of rotatable bonds is 5. The molecule has 0 amide bonds. The summed E-state index contributed by atoms with van der Waals surface area (Å²) in [5.74, 6) is 0.589. The van der Waals surface area contributed by atoms with Crippen molar-refractivity contribution in [2.75, 3.05) is 13.7 Å². The van der Waals surface area contributed by atoms with Gasteiger partial charge in [-0.1, -0.05) is 34.1 Å². The summed E-state index contributed by atoms with van der Waals surface area (Å²) in [4.78, 5) is 0. The van der Waals surface area contributed by atoms with Crippen molar-refractivity contribution < 1.29 is 9.13 Å². The predicted octanol–water partition coefficient (Wildman–Crippen LogP) is 4.30. The van der Waals surface area contributed by atoms with Gasteiger partial charge in [0.15, 0.2) is 0 Å². The van der Waals surface area contributed by atoms with Crippen LogP contribution in [0.1, 0.15) is 24.1 Å². The number of hydrogen-bond acceptors (Lipinski definition) is 2. The average Bonchev–Trinajstić information content (AvgIpc) is 2.45. The Hall–Kier alpha value is -1.39. The van der Waals surface area contributed by atoms with Crippen LogP contribution in [0.3, 0.4) is 0 Å². The number of benzene rings is 2. The molecule has 1 atom stereocenters. The summed E-state index contributed by atoms with van der Waals surface area (Å²) in [5.41, 5.74) is 1.60. The SMILES string of the molecule is CCOc1ccc(C(NC)c2c(F)cccc2Br)cc1. The second-order valence-corrected chi connectivity index (χ2v) is 5.21. The van der Waals surface area contributed by atoms with Crippen molar-refractivity contribution in [3.8, 4) is 5.75 Å². The molecule has 20 heavy (non-hydrogen) atoms. The summed E-state index contributed by atoms with van der Waals surface area (Å²) in [7, 11) is 1.82. The molecule has 2 aromatic carbocycles. The van der Waals surface area contributed by atoms with Gasteiger partial charge in [0.05, 0.1) is 12.6 Å². The lowest BCUT2D eigenvalue weighted by molar-refractivity contribution is 0.340. The third-order valence-electron chi connectivity index (χ3n) is 3.10. The van der Waals surface area contributed by atoms with Gasteiger partial charge in [-0.15, -0.1) is 0 Å². The van der Waals surface area contributed by atoms with E-state index in [1.165, 1.54) is 6.07 Å². The van der Waals surface area contributed by atoms with Crippen LogP contribution >= 0.6 is 15.9 Å². The first-order valence-corrected chi connectivity index (χ1v) is 7.30. The van der Waals surface area contributed by atoms with Crippen LogP contribution in [0.2, 0.25) is 0 Å². The van der Waals surface area contributed by atoms with Gasteiger partial charge in [0.25, 0.3) is 0 Å². The van der Waals surface area contributed by atoms with Crippen LogP contribution in [0.15, 0.2) is 46.9 Å². The molecule has 0 heterocycles. The zero-order valence-corrected chi connectivity index (χ0v) is 13.1. The molecular formula is C16H17BrFNO. The van der Waals surface area contributed by atoms with E-state index in [0.29, 0.717) is 12.2 Å². The summed E-state index contributed by atoms with van der Waals surface area (Å²) in [5, 5.41) is 3.16. The molecule has 0 aliphatic carbocycles. The van der Waals surface area contributed by atoms with Gasteiger partial charge >= 0.3 is 0 Å². The summed E-state index contributed by atoms with van der Waals surface area (Å²) in [6.07, 6.45) is 0. The molecule has 2 rings (SSSR count). The van der Waals surface area contributed by atoms with Crippen LogP contribution < -0.4 is 10.1 Å². The highest BCUT2D eigenvalue weighted by Gasteiger charge is 2.19. The fourth-order valence-corrected chi connectivity index (χ4v) is 2.76. The first-order valence-electron chi connectivity index (χ1n) is 6.51. The highest BCUT2D eigenvalue weighted by atomic mass is 79.9. The lowest BCUT2D eigenvalue weighted by Gasteiger charge is -2.19. The average molecular weight is 338 g/mol. The maximum Gasteiger partial charge on any atom is 0.129 e. The molecular weight excluding hydrogens is 321 g/mol. The molecule has 1 unspecified atom stereocenters. The maximum atomic E-state index is 14.1. The van der Waals surface area contributed by atoms with Crippen molar-refractivity contribution in [3.05, 3.63) is 63.9 Å². The Morgan fingerprint density at radius 2 is 1.90 bits per heavy atom. The number of halogens is 2. The molecule has 4 heteroatoms. The molecule has 0 radical (unpaired) electrons. The molecule has 0 bridgehead atoms. The lowest BCUT2D eigenvalue weighted by Crippen LogP contribution is -2.19. The van der Waals surface area contributed by atoms with Crippen molar-refractivity contribution in [1.29, 1.82) is 0 Å². The Morgan fingerprint density at radius 3 is 2.45 bits per heavy atom. The van der Waals surface area contributed by atoms with Crippen molar-refractivity contribution in [2.24, 2.45) is 0 Å². The molecule has 0 aliphatic rings. The minimum atomic E-state index is -0.229. The zero-order chi connectivity index (χ0) is 14.5. The molecule has 2 nitrogen and oxygen atoms in total. The van der Waals surface area contributed by atoms with Gasteiger partial charge in [0.2, 0.25) is 0 Å². The standard InChI is InChI=1S/C16H17BrFNO/c1-3-20-12-9-7-11(8-10-12)16(19-2)15-13(17)5-4-6-14(15)18/h4-10,16,19H,3H2,1-2H3. The molecule has 0 saturated heterocycles. The lowest BCUT2D eigenvalue weighted by atomic mass is 9.98. The van der Waals surface area contributed by atoms with Gasteiger partial charge in [0, 0.05) is 10.0 Å². The van der Waals surface area contributed by atoms with Crippen LogP contribution in [0.5, 0.6) is 5.75 Å². The first kappa shape index (κ1) is 15.0. The molecule has 0 aromatic heterocycles. The minimum absolute atomic E-state index is 0.207. The Labute approximate surface area is 127 Å². The third-order valence-corrected chi connectivity index (χ3v) is 3.79. The molecule has 0 fully saturated rings. The van der Waals surface area contributed by atoms with E-state index >= 15 is 0 Å². The van der Waals surface area contributed by atoms with Crippen molar-refractivity contribution >= 4 is 15.9 Å². The van der Waals surface area contributed by atoms with E-state index in [-0.39, 0.29) is 11.9 Å². The van der Waals surface area contributed by atoms with Crippen molar-refractivity contribution in [1.82, 2.24) is 5.32 Å². The van der Waals surface area contributed by atoms with Crippen LogP contribution in [-0.2, 0) is 0 Å². The monoisotopic (exact) mass is 337 g/mol. The fraction of sp³-hybridized carbons (Fsp3) is 0.250. The van der Waals surface area contributed by atoms with E-state index in [2.05, 4.69) is 21.2 Å². The van der Waals surface area contributed by atoms with E-state index in [1.54, 1.807) is 6.07 Å². The first-order chi connectivity index (χ1) is 9.67. The minimum Gasteiger partial charge on any atom is -0.494 e. The number of hydrogen-bond donors (Lipinski definition) is 1. The van der Waals surface area contributed by atoms with E-state index in [0.717, 1.165) is 15.8 Å². The number of nitrogens with one attached hydrogen (secondary N) is 1. The Balaban J connectivity index is 2.37. The summed E-state index contributed by atoms with van der Waals surface area (Å²) >= 11 is 3.42. The second kappa shape index (κ2) is 6.86. The van der Waals surface area contributed by atoms with Crippen LogP contribution in [0, 0.1) is 5.82 Å². The Morgan fingerprint density at radius 1 is 1.20 bits per heavy atom. The Kier molecular flexibility index (Phi) is 5.15. The highest BCUT2D eigenvalue weighted by molar-refractivity contribution is 9.10.